The van der Waals surface area contributed by atoms with Crippen molar-refractivity contribution in [1.29, 1.82) is 0 Å². The van der Waals surface area contributed by atoms with E-state index >= 15 is 0 Å². The second-order valence-electron chi connectivity index (χ2n) is 7.41. The summed E-state index contributed by atoms with van der Waals surface area (Å²) >= 11 is 0. The average molecular weight is 368 g/mol. The second-order valence-corrected chi connectivity index (χ2v) is 7.41. The number of imidazole rings is 1. The summed E-state index contributed by atoms with van der Waals surface area (Å²) in [5.74, 6) is 1.10. The van der Waals surface area contributed by atoms with Gasteiger partial charge in [0.1, 0.15) is 16.8 Å². The van der Waals surface area contributed by atoms with Crippen LogP contribution in [-0.2, 0) is 7.05 Å². The summed E-state index contributed by atoms with van der Waals surface area (Å²) in [7, 11) is 2.12. The van der Waals surface area contributed by atoms with Crippen molar-refractivity contribution in [3.63, 3.8) is 0 Å². The third kappa shape index (κ3) is 2.24. The Morgan fingerprint density at radius 3 is 2.39 bits per heavy atom. The largest absolute Gasteiger partial charge is 0.443 e. The SMILES string of the molecule is Cc1cccc(C)c1-n1c(-c2c(C)ccc3ncoc23)[n+](C)c2ccccc21. The fraction of sp³-hybridized carbons (Fsp3) is 0.167. The highest BCUT2D eigenvalue weighted by molar-refractivity contribution is 5.92. The number of oxazole rings is 1. The lowest BCUT2D eigenvalue weighted by molar-refractivity contribution is -0.633. The zero-order valence-electron chi connectivity index (χ0n) is 16.5. The van der Waals surface area contributed by atoms with Gasteiger partial charge in [-0.3, -0.25) is 0 Å². The maximum absolute atomic E-state index is 5.85. The maximum Gasteiger partial charge on any atom is 0.299 e. The highest BCUT2D eigenvalue weighted by Gasteiger charge is 2.31. The van der Waals surface area contributed by atoms with Gasteiger partial charge in [0.25, 0.3) is 5.82 Å². The van der Waals surface area contributed by atoms with Crippen LogP contribution >= 0.6 is 0 Å². The van der Waals surface area contributed by atoms with E-state index in [9.17, 15) is 0 Å². The van der Waals surface area contributed by atoms with Crippen LogP contribution in [0, 0.1) is 20.8 Å². The van der Waals surface area contributed by atoms with Crippen LogP contribution < -0.4 is 4.57 Å². The third-order valence-corrected chi connectivity index (χ3v) is 5.61. The first kappa shape index (κ1) is 16.8. The number of aryl methyl sites for hydroxylation is 4. The number of aromatic nitrogens is 3. The van der Waals surface area contributed by atoms with Crippen molar-refractivity contribution in [2.24, 2.45) is 7.05 Å². The summed E-state index contributed by atoms with van der Waals surface area (Å²) in [6, 6.07) is 19.1. The number of benzene rings is 3. The molecule has 0 bridgehead atoms. The van der Waals surface area contributed by atoms with Gasteiger partial charge in [0.15, 0.2) is 23.0 Å². The second kappa shape index (κ2) is 6.06. The predicted molar refractivity (Wildman–Crippen MR) is 112 cm³/mol. The summed E-state index contributed by atoms with van der Waals surface area (Å²) in [5.41, 5.74) is 9.99. The Labute approximate surface area is 163 Å². The lowest BCUT2D eigenvalue weighted by Gasteiger charge is -2.11. The Balaban J connectivity index is 2.02. The van der Waals surface area contributed by atoms with Crippen LogP contribution in [0.15, 0.2) is 65.4 Å². The molecule has 0 aliphatic rings. The molecule has 0 amide bonds. The molecule has 2 heterocycles. The number of nitrogens with zero attached hydrogens (tertiary/aromatic N) is 3. The van der Waals surface area contributed by atoms with Crippen molar-refractivity contribution >= 4 is 22.1 Å². The molecule has 0 radical (unpaired) electrons. The normalized spacial score (nSPS) is 11.6. The topological polar surface area (TPSA) is 34.8 Å². The summed E-state index contributed by atoms with van der Waals surface area (Å²) in [6.45, 7) is 6.47. The molecule has 0 unspecified atom stereocenters. The lowest BCUT2D eigenvalue weighted by atomic mass is 10.0. The number of hydrogen-bond donors (Lipinski definition) is 0. The minimum atomic E-state index is 0.825. The highest BCUT2D eigenvalue weighted by Crippen LogP contribution is 2.35. The first-order chi connectivity index (χ1) is 13.6. The van der Waals surface area contributed by atoms with Gasteiger partial charge in [-0.2, -0.15) is 4.57 Å². The molecule has 0 N–H and O–H groups in total. The van der Waals surface area contributed by atoms with Crippen LogP contribution in [-0.4, -0.2) is 9.55 Å². The molecule has 0 fully saturated rings. The molecule has 0 saturated carbocycles. The zero-order chi connectivity index (χ0) is 19.4. The van der Waals surface area contributed by atoms with E-state index < -0.39 is 0 Å². The highest BCUT2D eigenvalue weighted by atomic mass is 16.3. The van der Waals surface area contributed by atoms with Gasteiger partial charge in [0, 0.05) is 0 Å². The van der Waals surface area contributed by atoms with Crippen LogP contribution in [0.4, 0.5) is 0 Å². The number of hydrogen-bond acceptors (Lipinski definition) is 2. The summed E-state index contributed by atoms with van der Waals surface area (Å²) < 4.78 is 10.5. The van der Waals surface area contributed by atoms with Crippen molar-refractivity contribution in [2.75, 3.05) is 0 Å². The molecule has 138 valence electrons. The maximum atomic E-state index is 5.85. The van der Waals surface area contributed by atoms with Crippen molar-refractivity contribution < 1.29 is 8.98 Å². The van der Waals surface area contributed by atoms with Crippen molar-refractivity contribution in [3.8, 4) is 17.1 Å². The van der Waals surface area contributed by atoms with Crippen LogP contribution in [0.2, 0.25) is 0 Å². The van der Waals surface area contributed by atoms with E-state index in [-0.39, 0.29) is 0 Å². The van der Waals surface area contributed by atoms with E-state index in [0.717, 1.165) is 28.1 Å². The molecule has 5 rings (SSSR count). The van der Waals surface area contributed by atoms with Crippen molar-refractivity contribution in [3.05, 3.63) is 77.7 Å². The Morgan fingerprint density at radius 2 is 1.61 bits per heavy atom. The predicted octanol–water partition coefficient (Wildman–Crippen LogP) is 5.19. The van der Waals surface area contributed by atoms with Gasteiger partial charge in [-0.25, -0.2) is 9.55 Å². The fourth-order valence-electron chi connectivity index (χ4n) is 4.28. The number of rotatable bonds is 2. The molecule has 2 aromatic heterocycles. The molecule has 0 aliphatic carbocycles. The number of para-hydroxylation sites is 3. The Bertz CT molecular complexity index is 1340. The van der Waals surface area contributed by atoms with Crippen molar-refractivity contribution in [2.45, 2.75) is 20.8 Å². The van der Waals surface area contributed by atoms with Crippen LogP contribution in [0.1, 0.15) is 16.7 Å². The van der Waals surface area contributed by atoms with E-state index in [2.05, 4.69) is 90.5 Å². The molecule has 28 heavy (non-hydrogen) atoms. The monoisotopic (exact) mass is 368 g/mol. The van der Waals surface area contributed by atoms with Gasteiger partial charge in [0.2, 0.25) is 0 Å². The molecule has 4 nitrogen and oxygen atoms in total. The van der Waals surface area contributed by atoms with E-state index in [1.54, 1.807) is 0 Å². The first-order valence-electron chi connectivity index (χ1n) is 9.47. The summed E-state index contributed by atoms with van der Waals surface area (Å²) in [4.78, 5) is 4.38. The minimum Gasteiger partial charge on any atom is -0.443 e. The van der Waals surface area contributed by atoms with E-state index in [4.69, 9.17) is 4.42 Å². The van der Waals surface area contributed by atoms with Gasteiger partial charge in [-0.15, -0.1) is 0 Å². The van der Waals surface area contributed by atoms with Gasteiger partial charge < -0.3 is 4.42 Å². The smallest absolute Gasteiger partial charge is 0.299 e. The molecular weight excluding hydrogens is 346 g/mol. The lowest BCUT2D eigenvalue weighted by Crippen LogP contribution is -2.30. The van der Waals surface area contributed by atoms with Gasteiger partial charge in [-0.1, -0.05) is 36.4 Å². The van der Waals surface area contributed by atoms with Crippen LogP contribution in [0.25, 0.3) is 39.2 Å². The Kier molecular flexibility index (Phi) is 3.63. The standard InChI is InChI=1S/C24H22N3O/c1-15-12-13-18-23(28-14-25-18)21(15)24-26(4)19-10-5-6-11-20(19)27(24)22-16(2)8-7-9-17(22)3/h5-14H,1-4H3/q+1. The van der Waals surface area contributed by atoms with Crippen LogP contribution in [0.5, 0.6) is 0 Å². The fourth-order valence-corrected chi connectivity index (χ4v) is 4.28. The Hall–Kier alpha value is -3.40. The molecule has 0 spiro atoms. The van der Waals surface area contributed by atoms with Gasteiger partial charge in [0.05, 0.1) is 7.05 Å². The zero-order valence-corrected chi connectivity index (χ0v) is 16.5. The molecule has 4 heteroatoms. The molecule has 5 aromatic rings. The van der Waals surface area contributed by atoms with E-state index in [1.807, 2.05) is 6.07 Å². The third-order valence-electron chi connectivity index (χ3n) is 5.61. The molecule has 3 aromatic carbocycles. The van der Waals surface area contributed by atoms with E-state index in [0.29, 0.717) is 0 Å². The summed E-state index contributed by atoms with van der Waals surface area (Å²) in [6.07, 6.45) is 1.53. The van der Waals surface area contributed by atoms with Gasteiger partial charge in [-0.05, 0) is 55.7 Å². The Morgan fingerprint density at radius 1 is 0.857 bits per heavy atom. The molecule has 0 aliphatic heterocycles. The summed E-state index contributed by atoms with van der Waals surface area (Å²) in [5, 5.41) is 0. The van der Waals surface area contributed by atoms with Gasteiger partial charge >= 0.3 is 0 Å². The quantitative estimate of drug-likeness (QED) is 0.402. The van der Waals surface area contributed by atoms with Crippen molar-refractivity contribution in [1.82, 2.24) is 9.55 Å². The molecule has 0 atom stereocenters. The minimum absolute atomic E-state index is 0.825. The molecule has 0 saturated heterocycles. The number of fused-ring (bicyclic) bond motifs is 2. The average Bonchev–Trinajstić information content (AvgIpc) is 3.26. The molecular formula is C24H22N3O+. The van der Waals surface area contributed by atoms with E-state index in [1.165, 1.54) is 34.2 Å². The first-order valence-corrected chi connectivity index (χ1v) is 9.47. The van der Waals surface area contributed by atoms with Crippen LogP contribution in [0.3, 0.4) is 0 Å².